The minimum absolute atomic E-state index is 0.0775. The van der Waals surface area contributed by atoms with Gasteiger partial charge in [-0.1, -0.05) is 18.5 Å². The number of nitrogens with zero attached hydrogens (tertiary/aromatic N) is 2. The molecule has 0 aromatic heterocycles. The van der Waals surface area contributed by atoms with Crippen LogP contribution in [-0.2, 0) is 10.0 Å². The molecule has 2 amide bonds. The summed E-state index contributed by atoms with van der Waals surface area (Å²) in [5, 5.41) is 15.4. The van der Waals surface area contributed by atoms with Gasteiger partial charge in [0.15, 0.2) is 0 Å². The van der Waals surface area contributed by atoms with Crippen LogP contribution in [0, 0.1) is 18.3 Å². The van der Waals surface area contributed by atoms with Gasteiger partial charge in [0.1, 0.15) is 16.4 Å². The van der Waals surface area contributed by atoms with Crippen LogP contribution >= 0.6 is 11.6 Å². The van der Waals surface area contributed by atoms with E-state index in [1.807, 2.05) is 19.9 Å². The van der Waals surface area contributed by atoms with Crippen molar-refractivity contribution in [3.8, 4) is 17.6 Å². The molecule has 0 unspecified atom stereocenters. The molecule has 1 aliphatic rings. The third-order valence-corrected chi connectivity index (χ3v) is 7.40. The Morgan fingerprint density at radius 2 is 1.97 bits per heavy atom. The van der Waals surface area contributed by atoms with Crippen molar-refractivity contribution < 1.29 is 17.9 Å². The summed E-state index contributed by atoms with van der Waals surface area (Å²) in [7, 11) is -3.94. The summed E-state index contributed by atoms with van der Waals surface area (Å²) >= 11 is 6.11. The Labute approximate surface area is 199 Å². The highest BCUT2D eigenvalue weighted by Crippen LogP contribution is 2.34. The van der Waals surface area contributed by atoms with E-state index in [0.29, 0.717) is 30.2 Å². The molecule has 0 aliphatic carbocycles. The van der Waals surface area contributed by atoms with E-state index >= 15 is 0 Å². The highest BCUT2D eigenvalue weighted by atomic mass is 35.5. The van der Waals surface area contributed by atoms with Crippen LogP contribution in [0.5, 0.6) is 11.5 Å². The molecule has 2 aromatic rings. The van der Waals surface area contributed by atoms with Crippen LogP contribution in [0.1, 0.15) is 37.3 Å². The van der Waals surface area contributed by atoms with E-state index in [2.05, 4.69) is 10.6 Å². The predicted octanol–water partition coefficient (Wildman–Crippen LogP) is 4.17. The van der Waals surface area contributed by atoms with Crippen LogP contribution in [0.25, 0.3) is 0 Å². The second-order valence-electron chi connectivity index (χ2n) is 7.92. The van der Waals surface area contributed by atoms with Gasteiger partial charge < -0.3 is 15.4 Å². The molecule has 1 fully saturated rings. The number of ether oxygens (including phenoxy) is 1. The van der Waals surface area contributed by atoms with Crippen molar-refractivity contribution >= 4 is 27.7 Å². The summed E-state index contributed by atoms with van der Waals surface area (Å²) in [5.74, 6) is 0.525. The Morgan fingerprint density at radius 1 is 1.24 bits per heavy atom. The molecule has 3 rings (SSSR count). The summed E-state index contributed by atoms with van der Waals surface area (Å²) in [6.07, 6.45) is 1.81. The Hall–Kier alpha value is -2.80. The molecule has 10 heteroatoms. The number of carbonyl (C=O) groups excluding carboxylic acids is 1. The van der Waals surface area contributed by atoms with Crippen molar-refractivity contribution in [2.75, 3.05) is 19.6 Å². The largest absolute Gasteiger partial charge is 0.456 e. The van der Waals surface area contributed by atoms with E-state index in [1.54, 1.807) is 18.2 Å². The number of nitrogens with one attached hydrogen (secondary N) is 2. The highest BCUT2D eigenvalue weighted by molar-refractivity contribution is 7.89. The van der Waals surface area contributed by atoms with Crippen molar-refractivity contribution in [1.82, 2.24) is 14.9 Å². The molecule has 8 nitrogen and oxygen atoms in total. The molecule has 2 aromatic carbocycles. The standard InChI is InChI=1S/C23H27ClN4O4S/c1-3-8-26-23(29)27-19-6-9-28(10-7-19)33(30,31)22-13-17(15-25)4-5-21(22)32-20-12-16(2)11-18(24)14-20/h4-5,11-14,19H,3,6-10H2,1-2H3,(H2,26,27,29). The van der Waals surface area contributed by atoms with Gasteiger partial charge >= 0.3 is 6.03 Å². The fourth-order valence-electron chi connectivity index (χ4n) is 3.61. The second kappa shape index (κ2) is 10.9. The summed E-state index contributed by atoms with van der Waals surface area (Å²) in [5.41, 5.74) is 1.08. The number of hydrogen-bond acceptors (Lipinski definition) is 5. The van der Waals surface area contributed by atoms with Gasteiger partial charge in [-0.2, -0.15) is 9.57 Å². The smallest absolute Gasteiger partial charge is 0.315 e. The number of nitriles is 1. The maximum Gasteiger partial charge on any atom is 0.315 e. The molecule has 0 atom stereocenters. The molecule has 176 valence electrons. The van der Waals surface area contributed by atoms with E-state index in [4.69, 9.17) is 16.3 Å². The number of urea groups is 1. The molecule has 33 heavy (non-hydrogen) atoms. The number of carbonyl (C=O) groups is 1. The fourth-order valence-corrected chi connectivity index (χ4v) is 5.50. The Kier molecular flexibility index (Phi) is 8.19. The zero-order chi connectivity index (χ0) is 24.0. The van der Waals surface area contributed by atoms with Crippen molar-refractivity contribution in [3.63, 3.8) is 0 Å². The molecule has 0 spiro atoms. The highest BCUT2D eigenvalue weighted by Gasteiger charge is 2.32. The summed E-state index contributed by atoms with van der Waals surface area (Å²) in [4.78, 5) is 11.8. The van der Waals surface area contributed by atoms with Gasteiger partial charge in [0, 0.05) is 30.7 Å². The van der Waals surface area contributed by atoms with Crippen LogP contribution in [0.3, 0.4) is 0 Å². The quantitative estimate of drug-likeness (QED) is 0.604. The van der Waals surface area contributed by atoms with Gasteiger partial charge in [-0.05, 0) is 68.1 Å². The van der Waals surface area contributed by atoms with E-state index in [-0.39, 0.29) is 41.4 Å². The molecule has 1 heterocycles. The predicted molar refractivity (Wildman–Crippen MR) is 126 cm³/mol. The molecule has 1 saturated heterocycles. The number of benzene rings is 2. The molecular weight excluding hydrogens is 464 g/mol. The van der Waals surface area contributed by atoms with Gasteiger partial charge in [0.2, 0.25) is 10.0 Å². The first-order valence-electron chi connectivity index (χ1n) is 10.8. The first-order chi connectivity index (χ1) is 15.7. The molecular formula is C23H27ClN4O4S. The zero-order valence-electron chi connectivity index (χ0n) is 18.6. The average molecular weight is 491 g/mol. The lowest BCUT2D eigenvalue weighted by atomic mass is 10.1. The van der Waals surface area contributed by atoms with Crippen LogP contribution in [0.4, 0.5) is 4.79 Å². The fraction of sp³-hybridized carbons (Fsp3) is 0.391. The van der Waals surface area contributed by atoms with Crippen LogP contribution < -0.4 is 15.4 Å². The Morgan fingerprint density at radius 3 is 2.61 bits per heavy atom. The van der Waals surface area contributed by atoms with E-state index in [0.717, 1.165) is 12.0 Å². The number of rotatable bonds is 7. The zero-order valence-corrected chi connectivity index (χ0v) is 20.2. The number of piperidine rings is 1. The number of sulfonamides is 1. The molecule has 0 bridgehead atoms. The first kappa shape index (κ1) is 24.8. The minimum atomic E-state index is -3.94. The van der Waals surface area contributed by atoms with E-state index in [1.165, 1.54) is 22.5 Å². The van der Waals surface area contributed by atoms with Gasteiger partial charge in [-0.25, -0.2) is 13.2 Å². The van der Waals surface area contributed by atoms with Gasteiger partial charge in [0.05, 0.1) is 11.6 Å². The van der Waals surface area contributed by atoms with Crippen LogP contribution in [-0.4, -0.2) is 44.4 Å². The maximum atomic E-state index is 13.5. The summed E-state index contributed by atoms with van der Waals surface area (Å²) < 4.78 is 34.2. The number of amides is 2. The lowest BCUT2D eigenvalue weighted by molar-refractivity contribution is 0.227. The van der Waals surface area contributed by atoms with E-state index < -0.39 is 10.0 Å². The Bertz CT molecular complexity index is 1140. The van der Waals surface area contributed by atoms with Crippen molar-refractivity contribution in [1.29, 1.82) is 5.26 Å². The first-order valence-corrected chi connectivity index (χ1v) is 12.6. The normalized spacial score (nSPS) is 15.0. The van der Waals surface area contributed by atoms with Gasteiger partial charge in [0.25, 0.3) is 0 Å². The van der Waals surface area contributed by atoms with Crippen LogP contribution in [0.2, 0.25) is 5.02 Å². The lowest BCUT2D eigenvalue weighted by Gasteiger charge is -2.32. The van der Waals surface area contributed by atoms with Crippen molar-refractivity contribution in [2.45, 2.75) is 44.0 Å². The third kappa shape index (κ3) is 6.38. The van der Waals surface area contributed by atoms with E-state index in [9.17, 15) is 18.5 Å². The third-order valence-electron chi connectivity index (χ3n) is 5.26. The van der Waals surface area contributed by atoms with Crippen LogP contribution in [0.15, 0.2) is 41.3 Å². The van der Waals surface area contributed by atoms with Crippen molar-refractivity contribution in [2.24, 2.45) is 0 Å². The lowest BCUT2D eigenvalue weighted by Crippen LogP contribution is -2.49. The Balaban J connectivity index is 1.80. The van der Waals surface area contributed by atoms with Gasteiger partial charge in [-0.15, -0.1) is 0 Å². The van der Waals surface area contributed by atoms with Crippen molar-refractivity contribution in [3.05, 3.63) is 52.5 Å². The molecule has 0 radical (unpaired) electrons. The van der Waals surface area contributed by atoms with Gasteiger partial charge in [-0.3, -0.25) is 0 Å². The number of hydrogen-bond donors (Lipinski definition) is 2. The second-order valence-corrected chi connectivity index (χ2v) is 10.3. The summed E-state index contributed by atoms with van der Waals surface area (Å²) in [6, 6.07) is 11.1. The maximum absolute atomic E-state index is 13.5. The average Bonchev–Trinajstić information content (AvgIpc) is 2.77. The molecule has 2 N–H and O–H groups in total. The molecule has 1 aliphatic heterocycles. The number of aryl methyl sites for hydroxylation is 1. The number of halogens is 1. The SMILES string of the molecule is CCCNC(=O)NC1CCN(S(=O)(=O)c2cc(C#N)ccc2Oc2cc(C)cc(Cl)c2)CC1. The topological polar surface area (TPSA) is 112 Å². The minimum Gasteiger partial charge on any atom is -0.456 e. The monoisotopic (exact) mass is 490 g/mol. The molecule has 0 saturated carbocycles. The summed E-state index contributed by atoms with van der Waals surface area (Å²) in [6.45, 7) is 4.90.